The SMILES string of the molecule is Cc1nnc(C2CCC(CNCl)CC2)o1. The Labute approximate surface area is 94.5 Å². The van der Waals surface area contributed by atoms with Crippen molar-refractivity contribution in [1.29, 1.82) is 0 Å². The molecule has 1 aromatic rings. The zero-order chi connectivity index (χ0) is 10.7. The molecule has 1 aliphatic carbocycles. The van der Waals surface area contributed by atoms with E-state index in [-0.39, 0.29) is 0 Å². The summed E-state index contributed by atoms with van der Waals surface area (Å²) in [4.78, 5) is 2.72. The largest absolute Gasteiger partial charge is 0.425 e. The Hall–Kier alpha value is -0.610. The molecule has 0 saturated heterocycles. The minimum atomic E-state index is 0.456. The molecule has 0 atom stereocenters. The van der Waals surface area contributed by atoms with Crippen LogP contribution in [0.4, 0.5) is 0 Å². The van der Waals surface area contributed by atoms with Crippen LogP contribution in [0.15, 0.2) is 4.42 Å². The molecule has 1 aromatic heterocycles. The maximum Gasteiger partial charge on any atom is 0.219 e. The van der Waals surface area contributed by atoms with Crippen LogP contribution in [0.25, 0.3) is 0 Å². The lowest BCUT2D eigenvalue weighted by Gasteiger charge is -2.25. The van der Waals surface area contributed by atoms with Gasteiger partial charge in [-0.2, -0.15) is 0 Å². The van der Waals surface area contributed by atoms with Gasteiger partial charge in [0.25, 0.3) is 0 Å². The molecule has 84 valence electrons. The van der Waals surface area contributed by atoms with Gasteiger partial charge >= 0.3 is 0 Å². The average Bonchev–Trinajstić information content (AvgIpc) is 2.67. The molecule has 1 heterocycles. The summed E-state index contributed by atoms with van der Waals surface area (Å²) in [5, 5.41) is 7.95. The van der Waals surface area contributed by atoms with Gasteiger partial charge in [-0.1, -0.05) is 0 Å². The summed E-state index contributed by atoms with van der Waals surface area (Å²) in [5.74, 6) is 2.62. The molecule has 1 saturated carbocycles. The van der Waals surface area contributed by atoms with Gasteiger partial charge in [0, 0.05) is 19.4 Å². The number of nitrogens with one attached hydrogen (secondary N) is 1. The maximum atomic E-state index is 5.50. The molecule has 1 aliphatic rings. The lowest BCUT2D eigenvalue weighted by Crippen LogP contribution is -2.21. The van der Waals surface area contributed by atoms with Crippen LogP contribution in [0.3, 0.4) is 0 Å². The van der Waals surface area contributed by atoms with Crippen LogP contribution in [0.2, 0.25) is 0 Å². The third-order valence-corrected chi connectivity index (χ3v) is 3.26. The van der Waals surface area contributed by atoms with E-state index in [4.69, 9.17) is 16.2 Å². The third kappa shape index (κ3) is 2.69. The van der Waals surface area contributed by atoms with E-state index in [9.17, 15) is 0 Å². The topological polar surface area (TPSA) is 51.0 Å². The molecule has 4 nitrogen and oxygen atoms in total. The highest BCUT2D eigenvalue weighted by atomic mass is 35.5. The second kappa shape index (κ2) is 4.94. The third-order valence-electron chi connectivity index (χ3n) is 3.10. The van der Waals surface area contributed by atoms with Crippen molar-refractivity contribution in [2.75, 3.05) is 6.54 Å². The van der Waals surface area contributed by atoms with Crippen molar-refractivity contribution in [2.24, 2.45) is 5.92 Å². The van der Waals surface area contributed by atoms with Crippen molar-refractivity contribution in [2.45, 2.75) is 38.5 Å². The summed E-state index contributed by atoms with van der Waals surface area (Å²) < 4.78 is 5.45. The highest BCUT2D eigenvalue weighted by molar-refractivity contribution is 6.13. The van der Waals surface area contributed by atoms with Crippen molar-refractivity contribution in [1.82, 2.24) is 15.0 Å². The standard InChI is InChI=1S/C10H16ClN3O/c1-7-13-14-10(15-7)9-4-2-8(3-5-9)6-12-11/h8-9,12H,2-6H2,1H3. The lowest BCUT2D eigenvalue weighted by molar-refractivity contribution is 0.291. The van der Waals surface area contributed by atoms with Crippen LogP contribution in [-0.2, 0) is 0 Å². The van der Waals surface area contributed by atoms with Crippen molar-refractivity contribution in [3.63, 3.8) is 0 Å². The van der Waals surface area contributed by atoms with Gasteiger partial charge in [0.1, 0.15) is 0 Å². The molecule has 0 bridgehead atoms. The van der Waals surface area contributed by atoms with Crippen LogP contribution in [0.5, 0.6) is 0 Å². The molecule has 0 spiro atoms. The summed E-state index contributed by atoms with van der Waals surface area (Å²) in [6.45, 7) is 2.73. The summed E-state index contributed by atoms with van der Waals surface area (Å²) >= 11 is 5.50. The summed E-state index contributed by atoms with van der Waals surface area (Å²) in [7, 11) is 0. The van der Waals surface area contributed by atoms with Gasteiger partial charge in [-0.05, 0) is 43.4 Å². The Morgan fingerprint density at radius 3 is 2.60 bits per heavy atom. The van der Waals surface area contributed by atoms with Crippen molar-refractivity contribution >= 4 is 11.8 Å². The number of hydrogen-bond acceptors (Lipinski definition) is 4. The van der Waals surface area contributed by atoms with E-state index in [2.05, 4.69) is 15.0 Å². The molecular formula is C10H16ClN3O. The number of rotatable bonds is 3. The van der Waals surface area contributed by atoms with Crippen LogP contribution in [0, 0.1) is 12.8 Å². The highest BCUT2D eigenvalue weighted by Crippen LogP contribution is 2.34. The molecule has 0 aliphatic heterocycles. The maximum absolute atomic E-state index is 5.50. The molecule has 1 N–H and O–H groups in total. The summed E-state index contributed by atoms with van der Waals surface area (Å²) in [6, 6.07) is 0. The summed E-state index contributed by atoms with van der Waals surface area (Å²) in [5.41, 5.74) is 0. The Kier molecular flexibility index (Phi) is 3.59. The van der Waals surface area contributed by atoms with Gasteiger partial charge in [-0.15, -0.1) is 10.2 Å². The van der Waals surface area contributed by atoms with Gasteiger partial charge in [-0.25, -0.2) is 4.84 Å². The summed E-state index contributed by atoms with van der Waals surface area (Å²) in [6.07, 6.45) is 4.63. The average molecular weight is 230 g/mol. The molecule has 0 unspecified atom stereocenters. The number of nitrogens with zero attached hydrogens (tertiary/aromatic N) is 2. The predicted octanol–water partition coefficient (Wildman–Crippen LogP) is 2.40. The predicted molar refractivity (Wildman–Crippen MR) is 57.6 cm³/mol. The smallest absolute Gasteiger partial charge is 0.219 e. The quantitative estimate of drug-likeness (QED) is 0.809. The zero-order valence-electron chi connectivity index (χ0n) is 8.87. The van der Waals surface area contributed by atoms with Gasteiger partial charge in [0.2, 0.25) is 11.8 Å². The van der Waals surface area contributed by atoms with Crippen molar-refractivity contribution in [3.05, 3.63) is 11.8 Å². The molecule has 0 amide bonds. The fourth-order valence-electron chi connectivity index (χ4n) is 2.20. The van der Waals surface area contributed by atoms with Gasteiger partial charge in [-0.3, -0.25) is 0 Å². The molecule has 1 fully saturated rings. The number of aromatic nitrogens is 2. The number of halogens is 1. The van der Waals surface area contributed by atoms with E-state index in [1.165, 1.54) is 12.8 Å². The second-order valence-corrected chi connectivity index (χ2v) is 4.48. The second-order valence-electron chi connectivity index (χ2n) is 4.21. The van der Waals surface area contributed by atoms with Crippen LogP contribution >= 0.6 is 11.8 Å². The number of aryl methyl sites for hydroxylation is 1. The molecule has 15 heavy (non-hydrogen) atoms. The first kappa shape index (κ1) is 10.9. The van der Waals surface area contributed by atoms with E-state index >= 15 is 0 Å². The fraction of sp³-hybridized carbons (Fsp3) is 0.800. The van der Waals surface area contributed by atoms with Crippen LogP contribution < -0.4 is 4.84 Å². The van der Waals surface area contributed by atoms with Crippen LogP contribution in [0.1, 0.15) is 43.4 Å². The van der Waals surface area contributed by atoms with E-state index < -0.39 is 0 Å². The van der Waals surface area contributed by atoms with E-state index in [1.54, 1.807) is 0 Å². The zero-order valence-corrected chi connectivity index (χ0v) is 9.63. The van der Waals surface area contributed by atoms with E-state index in [1.807, 2.05) is 6.92 Å². The van der Waals surface area contributed by atoms with E-state index in [0.29, 0.717) is 17.7 Å². The van der Waals surface area contributed by atoms with E-state index in [0.717, 1.165) is 25.3 Å². The normalized spacial score (nSPS) is 26.8. The first-order valence-electron chi connectivity index (χ1n) is 5.43. The molecule has 5 heteroatoms. The van der Waals surface area contributed by atoms with Crippen molar-refractivity contribution in [3.8, 4) is 0 Å². The first-order valence-corrected chi connectivity index (χ1v) is 5.81. The van der Waals surface area contributed by atoms with Crippen LogP contribution in [-0.4, -0.2) is 16.7 Å². The van der Waals surface area contributed by atoms with Crippen molar-refractivity contribution < 1.29 is 4.42 Å². The number of hydrogen-bond donors (Lipinski definition) is 1. The monoisotopic (exact) mass is 229 g/mol. The molecule has 0 aromatic carbocycles. The van der Waals surface area contributed by atoms with Gasteiger partial charge in [0.05, 0.1) is 0 Å². The lowest BCUT2D eigenvalue weighted by atomic mass is 9.82. The van der Waals surface area contributed by atoms with Gasteiger partial charge in [0.15, 0.2) is 0 Å². The molecule has 2 rings (SSSR count). The van der Waals surface area contributed by atoms with Gasteiger partial charge < -0.3 is 4.42 Å². The highest BCUT2D eigenvalue weighted by Gasteiger charge is 2.25. The minimum absolute atomic E-state index is 0.456. The first-order chi connectivity index (χ1) is 7.29. The Morgan fingerprint density at radius 1 is 1.33 bits per heavy atom. The molecular weight excluding hydrogens is 214 g/mol. The Balaban J connectivity index is 1.88. The molecule has 0 radical (unpaired) electrons. The fourth-order valence-corrected chi connectivity index (χ4v) is 2.42. The Morgan fingerprint density at radius 2 is 2.07 bits per heavy atom. The minimum Gasteiger partial charge on any atom is -0.425 e. The Bertz CT molecular complexity index is 307.